The highest BCUT2D eigenvalue weighted by atomic mass is 16.5. The molecule has 0 amide bonds. The van der Waals surface area contributed by atoms with Gasteiger partial charge in [-0.05, 0) is 42.0 Å². The van der Waals surface area contributed by atoms with Crippen molar-refractivity contribution in [1.82, 2.24) is 0 Å². The fourth-order valence-electron chi connectivity index (χ4n) is 2.19. The Balaban J connectivity index is 1.85. The van der Waals surface area contributed by atoms with Gasteiger partial charge in [-0.15, -0.1) is 0 Å². The van der Waals surface area contributed by atoms with E-state index < -0.39 is 0 Å². The first kappa shape index (κ1) is 14.6. The Bertz CT molecular complexity index is 491. The van der Waals surface area contributed by atoms with Gasteiger partial charge in [0.05, 0.1) is 0 Å². The summed E-state index contributed by atoms with van der Waals surface area (Å²) in [5, 5.41) is 8.92. The summed E-state index contributed by atoms with van der Waals surface area (Å²) in [6, 6.07) is 18.4. The van der Waals surface area contributed by atoms with Crippen molar-refractivity contribution in [2.45, 2.75) is 26.4 Å². The minimum atomic E-state index is 0.263. The molecule has 2 aromatic rings. The third-order valence-corrected chi connectivity index (χ3v) is 3.38. The van der Waals surface area contributed by atoms with E-state index in [9.17, 15) is 0 Å². The van der Waals surface area contributed by atoms with Crippen LogP contribution in [0.2, 0.25) is 0 Å². The van der Waals surface area contributed by atoms with Crippen molar-refractivity contribution in [1.29, 1.82) is 0 Å². The van der Waals surface area contributed by atoms with Gasteiger partial charge in [-0.25, -0.2) is 0 Å². The zero-order valence-corrected chi connectivity index (χ0v) is 12.0. The quantitative estimate of drug-likeness (QED) is 0.828. The van der Waals surface area contributed by atoms with Gasteiger partial charge in [0.15, 0.2) is 0 Å². The lowest BCUT2D eigenvalue weighted by molar-refractivity contribution is 0.262. The summed E-state index contributed by atoms with van der Waals surface area (Å²) in [6.07, 6.45) is 1.85. The van der Waals surface area contributed by atoms with E-state index in [4.69, 9.17) is 9.84 Å². The highest BCUT2D eigenvalue weighted by molar-refractivity contribution is 5.28. The Kier molecular flexibility index (Phi) is 5.63. The van der Waals surface area contributed by atoms with Crippen molar-refractivity contribution >= 4 is 0 Å². The van der Waals surface area contributed by atoms with Crippen LogP contribution in [0.3, 0.4) is 0 Å². The standard InChI is InChI=1S/C18H22O2/c1-15(11-12-19)13-16-7-9-18(10-8-16)20-14-17-5-3-2-4-6-17/h2-10,15,19H,11-14H2,1H3/t15-/m1/s1. The number of aliphatic hydroxyl groups excluding tert-OH is 1. The maximum Gasteiger partial charge on any atom is 0.119 e. The Morgan fingerprint density at radius 1 is 0.950 bits per heavy atom. The van der Waals surface area contributed by atoms with E-state index in [0.717, 1.165) is 18.6 Å². The van der Waals surface area contributed by atoms with Crippen LogP contribution in [-0.4, -0.2) is 11.7 Å². The van der Waals surface area contributed by atoms with E-state index in [0.29, 0.717) is 12.5 Å². The van der Waals surface area contributed by atoms with E-state index in [2.05, 4.69) is 31.2 Å². The van der Waals surface area contributed by atoms with Crippen molar-refractivity contribution in [2.24, 2.45) is 5.92 Å². The lowest BCUT2D eigenvalue weighted by Gasteiger charge is -2.11. The first-order valence-corrected chi connectivity index (χ1v) is 7.14. The third kappa shape index (κ3) is 4.71. The van der Waals surface area contributed by atoms with Gasteiger partial charge in [-0.2, -0.15) is 0 Å². The number of aliphatic hydroxyl groups is 1. The summed E-state index contributed by atoms with van der Waals surface area (Å²) < 4.78 is 5.76. The molecule has 0 aromatic heterocycles. The number of hydrogen-bond acceptors (Lipinski definition) is 2. The number of ether oxygens (including phenoxy) is 1. The fraction of sp³-hybridized carbons (Fsp3) is 0.333. The van der Waals surface area contributed by atoms with E-state index in [1.165, 1.54) is 11.1 Å². The molecule has 0 aliphatic heterocycles. The summed E-state index contributed by atoms with van der Waals surface area (Å²) in [7, 11) is 0. The Morgan fingerprint density at radius 2 is 1.65 bits per heavy atom. The van der Waals surface area contributed by atoms with E-state index in [-0.39, 0.29) is 6.61 Å². The van der Waals surface area contributed by atoms with Crippen LogP contribution in [0.1, 0.15) is 24.5 Å². The van der Waals surface area contributed by atoms with Crippen molar-refractivity contribution in [3.8, 4) is 5.75 Å². The third-order valence-electron chi connectivity index (χ3n) is 3.38. The van der Waals surface area contributed by atoms with Crippen molar-refractivity contribution in [3.05, 3.63) is 65.7 Å². The normalized spacial score (nSPS) is 12.1. The van der Waals surface area contributed by atoms with Gasteiger partial charge in [0.2, 0.25) is 0 Å². The van der Waals surface area contributed by atoms with Crippen LogP contribution >= 0.6 is 0 Å². The molecule has 0 unspecified atom stereocenters. The Morgan fingerprint density at radius 3 is 2.30 bits per heavy atom. The summed E-state index contributed by atoms with van der Waals surface area (Å²) in [4.78, 5) is 0. The first-order chi connectivity index (χ1) is 9.78. The van der Waals surface area contributed by atoms with Gasteiger partial charge in [0.25, 0.3) is 0 Å². The maximum absolute atomic E-state index is 8.92. The molecular formula is C18H22O2. The molecule has 0 aliphatic carbocycles. The van der Waals surface area contributed by atoms with Crippen LogP contribution in [0.4, 0.5) is 0 Å². The van der Waals surface area contributed by atoms with Gasteiger partial charge in [-0.3, -0.25) is 0 Å². The van der Waals surface area contributed by atoms with Gasteiger partial charge >= 0.3 is 0 Å². The predicted octanol–water partition coefficient (Wildman–Crippen LogP) is 3.83. The van der Waals surface area contributed by atoms with Crippen LogP contribution in [0.5, 0.6) is 5.75 Å². The summed E-state index contributed by atoms with van der Waals surface area (Å²) in [6.45, 7) is 3.02. The average Bonchev–Trinajstić information content (AvgIpc) is 2.48. The molecule has 0 saturated carbocycles. The van der Waals surface area contributed by atoms with Gasteiger partial charge in [-0.1, -0.05) is 49.4 Å². The smallest absolute Gasteiger partial charge is 0.119 e. The zero-order chi connectivity index (χ0) is 14.2. The monoisotopic (exact) mass is 270 g/mol. The molecule has 1 atom stereocenters. The SMILES string of the molecule is C[C@H](CCO)Cc1ccc(OCc2ccccc2)cc1. The summed E-state index contributed by atoms with van der Waals surface area (Å²) >= 11 is 0. The molecule has 0 spiro atoms. The largest absolute Gasteiger partial charge is 0.489 e. The lowest BCUT2D eigenvalue weighted by Crippen LogP contribution is -2.02. The van der Waals surface area contributed by atoms with E-state index in [1.807, 2.05) is 30.3 Å². The van der Waals surface area contributed by atoms with Gasteiger partial charge < -0.3 is 9.84 Å². The molecule has 2 heteroatoms. The number of hydrogen-bond donors (Lipinski definition) is 1. The minimum Gasteiger partial charge on any atom is -0.489 e. The molecule has 20 heavy (non-hydrogen) atoms. The predicted molar refractivity (Wildman–Crippen MR) is 81.8 cm³/mol. The molecule has 106 valence electrons. The van der Waals surface area contributed by atoms with Crippen LogP contribution in [-0.2, 0) is 13.0 Å². The molecule has 0 saturated heterocycles. The van der Waals surface area contributed by atoms with Gasteiger partial charge in [0, 0.05) is 6.61 Å². The molecule has 0 bridgehead atoms. The first-order valence-electron chi connectivity index (χ1n) is 7.14. The molecule has 0 heterocycles. The minimum absolute atomic E-state index is 0.263. The molecule has 0 radical (unpaired) electrons. The molecule has 0 aliphatic rings. The number of rotatable bonds is 7. The molecule has 2 aromatic carbocycles. The second-order valence-electron chi connectivity index (χ2n) is 5.24. The maximum atomic E-state index is 8.92. The molecule has 0 fully saturated rings. The highest BCUT2D eigenvalue weighted by Gasteiger charge is 2.03. The summed E-state index contributed by atoms with van der Waals surface area (Å²) in [5.41, 5.74) is 2.46. The molecule has 2 rings (SSSR count). The van der Waals surface area contributed by atoms with Crippen LogP contribution < -0.4 is 4.74 Å². The van der Waals surface area contributed by atoms with E-state index in [1.54, 1.807) is 0 Å². The second-order valence-corrected chi connectivity index (χ2v) is 5.24. The zero-order valence-electron chi connectivity index (χ0n) is 12.0. The topological polar surface area (TPSA) is 29.5 Å². The highest BCUT2D eigenvalue weighted by Crippen LogP contribution is 2.17. The average molecular weight is 270 g/mol. The van der Waals surface area contributed by atoms with Crippen LogP contribution in [0, 0.1) is 5.92 Å². The van der Waals surface area contributed by atoms with Crippen LogP contribution in [0.15, 0.2) is 54.6 Å². The summed E-state index contributed by atoms with van der Waals surface area (Å²) in [5.74, 6) is 1.41. The fourth-order valence-corrected chi connectivity index (χ4v) is 2.19. The Hall–Kier alpha value is -1.80. The Labute approximate surface area is 121 Å². The molecule has 2 nitrogen and oxygen atoms in total. The van der Waals surface area contributed by atoms with Crippen molar-refractivity contribution in [2.75, 3.05) is 6.61 Å². The number of benzene rings is 2. The van der Waals surface area contributed by atoms with E-state index >= 15 is 0 Å². The van der Waals surface area contributed by atoms with Crippen molar-refractivity contribution in [3.63, 3.8) is 0 Å². The van der Waals surface area contributed by atoms with Gasteiger partial charge in [0.1, 0.15) is 12.4 Å². The van der Waals surface area contributed by atoms with Crippen molar-refractivity contribution < 1.29 is 9.84 Å². The van der Waals surface area contributed by atoms with Crippen LogP contribution in [0.25, 0.3) is 0 Å². The molecular weight excluding hydrogens is 248 g/mol. The lowest BCUT2D eigenvalue weighted by atomic mass is 9.98. The molecule has 1 N–H and O–H groups in total. The second kappa shape index (κ2) is 7.71.